The van der Waals surface area contributed by atoms with Crippen molar-refractivity contribution >= 4 is 18.0 Å². The normalized spacial score (nSPS) is 21.8. The topological polar surface area (TPSA) is 105 Å². The first-order valence-corrected chi connectivity index (χ1v) is 12.3. The molecule has 0 bridgehead atoms. The smallest absolute Gasteiger partial charge is 0.407 e. The van der Waals surface area contributed by atoms with Gasteiger partial charge >= 0.3 is 12.1 Å². The number of carboxylic acid groups (broad SMARTS) is 1. The molecule has 0 aromatic heterocycles. The van der Waals surface area contributed by atoms with Crippen LogP contribution >= 0.6 is 0 Å². The molecule has 2 atom stereocenters. The summed E-state index contributed by atoms with van der Waals surface area (Å²) in [5, 5.41) is 15.1. The molecule has 182 valence electrons. The highest BCUT2D eigenvalue weighted by molar-refractivity contribution is 5.83. The van der Waals surface area contributed by atoms with Gasteiger partial charge in [-0.2, -0.15) is 0 Å². The lowest BCUT2D eigenvalue weighted by atomic mass is 9.92. The summed E-state index contributed by atoms with van der Waals surface area (Å²) in [4.78, 5) is 36.7. The van der Waals surface area contributed by atoms with Crippen molar-refractivity contribution in [3.05, 3.63) is 71.8 Å². The third kappa shape index (κ3) is 4.81. The number of nitrogens with one attached hydrogen (secondary N) is 2. The van der Waals surface area contributed by atoms with Gasteiger partial charge in [0.25, 0.3) is 0 Å². The molecule has 7 nitrogen and oxygen atoms in total. The quantitative estimate of drug-likeness (QED) is 0.517. The minimum Gasteiger partial charge on any atom is -0.481 e. The number of ether oxygens (including phenoxy) is 1. The Labute approximate surface area is 204 Å². The summed E-state index contributed by atoms with van der Waals surface area (Å²) in [5.41, 5.74) is 4.00. The van der Waals surface area contributed by atoms with Crippen molar-refractivity contribution in [1.82, 2.24) is 10.6 Å². The molecule has 3 aliphatic rings. The van der Waals surface area contributed by atoms with Crippen LogP contribution in [0.2, 0.25) is 0 Å². The summed E-state index contributed by atoms with van der Waals surface area (Å²) in [5.74, 6) is -1.49. The third-order valence-electron chi connectivity index (χ3n) is 7.51. The van der Waals surface area contributed by atoms with Gasteiger partial charge in [0.2, 0.25) is 5.91 Å². The van der Waals surface area contributed by atoms with Gasteiger partial charge in [-0.05, 0) is 41.5 Å². The van der Waals surface area contributed by atoms with Gasteiger partial charge in [-0.1, -0.05) is 73.5 Å². The van der Waals surface area contributed by atoms with Crippen molar-refractivity contribution in [2.24, 2.45) is 5.92 Å². The number of alkyl carbamates (subject to hydrolysis) is 1. The van der Waals surface area contributed by atoms with Gasteiger partial charge in [0.1, 0.15) is 6.61 Å². The van der Waals surface area contributed by atoms with E-state index in [9.17, 15) is 19.5 Å². The van der Waals surface area contributed by atoms with Crippen molar-refractivity contribution < 1.29 is 24.2 Å². The molecular weight excluding hydrogens is 444 g/mol. The molecular formula is C28H30N2O5. The summed E-state index contributed by atoms with van der Waals surface area (Å²) in [7, 11) is 0. The van der Waals surface area contributed by atoms with E-state index in [1.165, 1.54) is 11.1 Å². The fourth-order valence-electron chi connectivity index (χ4n) is 5.83. The SMILES string of the molecule is O=C(O)CC1(NC(=O)C2C=CC(NC(=O)OCC3c4ccccc4-c4ccccc43)C2)CCCC1. The first-order valence-electron chi connectivity index (χ1n) is 12.3. The molecule has 7 heteroatoms. The Morgan fingerprint density at radius 3 is 2.20 bits per heavy atom. The van der Waals surface area contributed by atoms with Crippen LogP contribution in [0.15, 0.2) is 60.7 Å². The highest BCUT2D eigenvalue weighted by atomic mass is 16.5. The predicted molar refractivity (Wildman–Crippen MR) is 131 cm³/mol. The maximum Gasteiger partial charge on any atom is 0.407 e. The monoisotopic (exact) mass is 474 g/mol. The van der Waals surface area contributed by atoms with Crippen LogP contribution in [0.3, 0.4) is 0 Å². The van der Waals surface area contributed by atoms with E-state index in [4.69, 9.17) is 4.74 Å². The van der Waals surface area contributed by atoms with E-state index in [0.717, 1.165) is 24.0 Å². The molecule has 0 aliphatic heterocycles. The summed E-state index contributed by atoms with van der Waals surface area (Å²) in [6, 6.07) is 16.1. The van der Waals surface area contributed by atoms with Crippen LogP contribution in [0.5, 0.6) is 0 Å². The Bertz CT molecular complexity index is 1120. The summed E-state index contributed by atoms with van der Waals surface area (Å²) in [6.07, 6.45) is 6.65. The number of carbonyl (C=O) groups is 3. The number of rotatable bonds is 7. The molecule has 2 amide bonds. The summed E-state index contributed by atoms with van der Waals surface area (Å²) >= 11 is 0. The lowest BCUT2D eigenvalue weighted by Crippen LogP contribution is -2.49. The second-order valence-electron chi connectivity index (χ2n) is 9.85. The van der Waals surface area contributed by atoms with Crippen LogP contribution in [0.25, 0.3) is 11.1 Å². The van der Waals surface area contributed by atoms with Gasteiger partial charge in [-0.25, -0.2) is 4.79 Å². The summed E-state index contributed by atoms with van der Waals surface area (Å²) < 4.78 is 5.61. The molecule has 1 saturated carbocycles. The molecule has 0 radical (unpaired) electrons. The zero-order valence-corrected chi connectivity index (χ0v) is 19.5. The zero-order chi connectivity index (χ0) is 24.4. The van der Waals surface area contributed by atoms with Crippen LogP contribution in [0, 0.1) is 5.92 Å². The number of hydrogen-bond acceptors (Lipinski definition) is 4. The average molecular weight is 475 g/mol. The van der Waals surface area contributed by atoms with Crippen LogP contribution in [-0.2, 0) is 14.3 Å². The van der Waals surface area contributed by atoms with Crippen molar-refractivity contribution in [3.8, 4) is 11.1 Å². The van der Waals surface area contributed by atoms with Gasteiger partial charge in [-0.15, -0.1) is 0 Å². The molecule has 2 unspecified atom stereocenters. The van der Waals surface area contributed by atoms with Crippen molar-refractivity contribution in [3.63, 3.8) is 0 Å². The predicted octanol–water partition coefficient (Wildman–Crippen LogP) is 4.37. The number of amides is 2. The number of fused-ring (bicyclic) bond motifs is 3. The fraction of sp³-hybridized carbons (Fsp3) is 0.393. The number of carbonyl (C=O) groups excluding carboxylic acids is 2. The maximum absolute atomic E-state index is 12.9. The Morgan fingerprint density at radius 2 is 1.57 bits per heavy atom. The van der Waals surface area contributed by atoms with Crippen LogP contribution in [0.4, 0.5) is 4.79 Å². The Kier molecular flexibility index (Phi) is 6.32. The third-order valence-corrected chi connectivity index (χ3v) is 7.51. The number of benzene rings is 2. The fourth-order valence-corrected chi connectivity index (χ4v) is 5.83. The highest BCUT2D eigenvalue weighted by Crippen LogP contribution is 2.44. The van der Waals surface area contributed by atoms with Gasteiger partial charge in [0.15, 0.2) is 0 Å². The Hall–Kier alpha value is -3.61. The van der Waals surface area contributed by atoms with Crippen LogP contribution in [-0.4, -0.2) is 41.3 Å². The van der Waals surface area contributed by atoms with Crippen molar-refractivity contribution in [2.45, 2.75) is 56.0 Å². The average Bonchev–Trinajstić information content (AvgIpc) is 3.56. The first-order chi connectivity index (χ1) is 16.9. The number of aliphatic carboxylic acids is 1. The highest BCUT2D eigenvalue weighted by Gasteiger charge is 2.39. The largest absolute Gasteiger partial charge is 0.481 e. The van der Waals surface area contributed by atoms with Gasteiger partial charge in [0, 0.05) is 5.92 Å². The van der Waals surface area contributed by atoms with E-state index in [2.05, 4.69) is 34.9 Å². The lowest BCUT2D eigenvalue weighted by molar-refractivity contribution is -0.139. The molecule has 3 N–H and O–H groups in total. The lowest BCUT2D eigenvalue weighted by Gasteiger charge is -2.30. The molecule has 1 fully saturated rings. The van der Waals surface area contributed by atoms with E-state index < -0.39 is 23.5 Å². The second-order valence-corrected chi connectivity index (χ2v) is 9.85. The minimum atomic E-state index is -0.899. The number of hydrogen-bond donors (Lipinski definition) is 3. The zero-order valence-electron chi connectivity index (χ0n) is 19.5. The van der Waals surface area contributed by atoms with Crippen LogP contribution in [0.1, 0.15) is 55.6 Å². The Morgan fingerprint density at radius 1 is 0.943 bits per heavy atom. The van der Waals surface area contributed by atoms with E-state index in [1.807, 2.05) is 30.3 Å². The maximum atomic E-state index is 12.9. The molecule has 2 aromatic rings. The first kappa shape index (κ1) is 23.1. The Balaban J connectivity index is 1.14. The summed E-state index contributed by atoms with van der Waals surface area (Å²) in [6.45, 7) is 0.234. The second kappa shape index (κ2) is 9.56. The van der Waals surface area contributed by atoms with E-state index in [-0.39, 0.29) is 30.9 Å². The van der Waals surface area contributed by atoms with E-state index in [1.54, 1.807) is 6.08 Å². The van der Waals surface area contributed by atoms with Crippen molar-refractivity contribution in [1.29, 1.82) is 0 Å². The molecule has 35 heavy (non-hydrogen) atoms. The molecule has 3 aliphatic carbocycles. The number of carboxylic acids is 1. The molecule has 2 aromatic carbocycles. The van der Waals surface area contributed by atoms with Crippen LogP contribution < -0.4 is 10.6 Å². The van der Waals surface area contributed by atoms with E-state index >= 15 is 0 Å². The standard InChI is InChI=1S/C28H30N2O5/c31-25(32)16-28(13-5-6-14-28)30-26(33)18-11-12-19(15-18)29-27(34)35-17-24-22-9-3-1-7-20(22)21-8-2-4-10-23(21)24/h1-4,7-12,18-19,24H,5-6,13-17H2,(H,29,34)(H,30,33)(H,31,32). The molecule has 5 rings (SSSR count). The molecule has 0 saturated heterocycles. The van der Waals surface area contributed by atoms with Gasteiger partial charge in [0.05, 0.1) is 23.9 Å². The molecule has 0 spiro atoms. The van der Waals surface area contributed by atoms with Gasteiger partial charge < -0.3 is 20.5 Å². The molecule has 0 heterocycles. The van der Waals surface area contributed by atoms with Gasteiger partial charge in [-0.3, -0.25) is 9.59 Å². The van der Waals surface area contributed by atoms with Crippen molar-refractivity contribution in [2.75, 3.05) is 6.61 Å². The van der Waals surface area contributed by atoms with E-state index in [0.29, 0.717) is 19.3 Å². The minimum absolute atomic E-state index is 0.0115.